The molecule has 0 bridgehead atoms. The predicted octanol–water partition coefficient (Wildman–Crippen LogP) is 1.66. The van der Waals surface area contributed by atoms with Crippen molar-refractivity contribution in [2.24, 2.45) is 5.92 Å². The van der Waals surface area contributed by atoms with Gasteiger partial charge in [0.25, 0.3) is 0 Å². The van der Waals surface area contributed by atoms with E-state index in [0.717, 1.165) is 19.6 Å². The molecular formula is C15H25N3. The van der Waals surface area contributed by atoms with Crippen molar-refractivity contribution >= 4 is 5.69 Å². The smallest absolute Gasteiger partial charge is 0.0392 e. The average Bonchev–Trinajstić information content (AvgIpc) is 2.51. The van der Waals surface area contributed by atoms with Crippen LogP contribution in [0.25, 0.3) is 0 Å². The highest BCUT2D eigenvalue weighted by Gasteiger charge is 2.25. The lowest BCUT2D eigenvalue weighted by Crippen LogP contribution is -2.44. The van der Waals surface area contributed by atoms with Crippen molar-refractivity contribution in [3.05, 3.63) is 30.3 Å². The van der Waals surface area contributed by atoms with Crippen LogP contribution >= 0.6 is 0 Å². The summed E-state index contributed by atoms with van der Waals surface area (Å²) in [6, 6.07) is 11.4. The van der Waals surface area contributed by atoms with E-state index in [4.69, 9.17) is 0 Å². The van der Waals surface area contributed by atoms with Crippen molar-refractivity contribution in [3.63, 3.8) is 0 Å². The van der Waals surface area contributed by atoms with E-state index >= 15 is 0 Å². The number of likely N-dealkylation sites (N-methyl/N-ethyl adjacent to an activating group) is 2. The molecule has 100 valence electrons. The second-order valence-electron chi connectivity index (χ2n) is 5.50. The Morgan fingerprint density at radius 3 is 2.56 bits per heavy atom. The van der Waals surface area contributed by atoms with Gasteiger partial charge in [-0.15, -0.1) is 0 Å². The minimum Gasteiger partial charge on any atom is -0.370 e. The number of hydrogen-bond acceptors (Lipinski definition) is 3. The molecule has 1 aromatic carbocycles. The topological polar surface area (TPSA) is 18.5 Å². The van der Waals surface area contributed by atoms with Crippen molar-refractivity contribution in [2.75, 3.05) is 45.2 Å². The summed E-state index contributed by atoms with van der Waals surface area (Å²) in [5.74, 6) is 0.706. The van der Waals surface area contributed by atoms with Gasteiger partial charge in [-0.25, -0.2) is 0 Å². The zero-order chi connectivity index (χ0) is 13.0. The Hall–Kier alpha value is -1.06. The Kier molecular flexibility index (Phi) is 4.61. The number of anilines is 1. The third kappa shape index (κ3) is 3.24. The zero-order valence-corrected chi connectivity index (χ0v) is 11.8. The van der Waals surface area contributed by atoms with Gasteiger partial charge in [-0.2, -0.15) is 0 Å². The zero-order valence-electron chi connectivity index (χ0n) is 11.8. The van der Waals surface area contributed by atoms with Gasteiger partial charge in [0.1, 0.15) is 0 Å². The summed E-state index contributed by atoms with van der Waals surface area (Å²) in [6.07, 6.45) is 0. The third-order valence-corrected chi connectivity index (χ3v) is 3.75. The van der Waals surface area contributed by atoms with Crippen molar-refractivity contribution in [2.45, 2.75) is 13.0 Å². The van der Waals surface area contributed by atoms with E-state index < -0.39 is 0 Å². The fourth-order valence-corrected chi connectivity index (χ4v) is 2.85. The molecule has 2 unspecified atom stereocenters. The molecule has 1 aromatic rings. The molecule has 1 aliphatic heterocycles. The maximum atomic E-state index is 3.31. The highest BCUT2D eigenvalue weighted by Crippen LogP contribution is 2.20. The summed E-state index contributed by atoms with van der Waals surface area (Å²) in [6.45, 7) is 6.82. The van der Waals surface area contributed by atoms with Crippen molar-refractivity contribution in [1.29, 1.82) is 0 Å². The van der Waals surface area contributed by atoms with E-state index in [2.05, 4.69) is 59.4 Å². The first-order chi connectivity index (χ1) is 8.70. The molecule has 0 amide bonds. The van der Waals surface area contributed by atoms with Gasteiger partial charge in [0, 0.05) is 37.9 Å². The quantitative estimate of drug-likeness (QED) is 0.876. The number of nitrogens with zero attached hydrogens (tertiary/aromatic N) is 2. The molecule has 3 heteroatoms. The van der Waals surface area contributed by atoms with Gasteiger partial charge in [-0.1, -0.05) is 25.1 Å². The number of nitrogens with one attached hydrogen (secondary N) is 1. The molecule has 3 nitrogen and oxygen atoms in total. The van der Waals surface area contributed by atoms with Gasteiger partial charge in [0.2, 0.25) is 0 Å². The second-order valence-corrected chi connectivity index (χ2v) is 5.50. The van der Waals surface area contributed by atoms with Crippen LogP contribution in [0.2, 0.25) is 0 Å². The summed E-state index contributed by atoms with van der Waals surface area (Å²) >= 11 is 0. The van der Waals surface area contributed by atoms with Gasteiger partial charge < -0.3 is 15.1 Å². The molecule has 1 heterocycles. The first-order valence-corrected chi connectivity index (χ1v) is 6.85. The molecule has 0 spiro atoms. The second kappa shape index (κ2) is 6.21. The molecule has 2 atom stereocenters. The Labute approximate surface area is 111 Å². The Bertz CT molecular complexity index is 352. The monoisotopic (exact) mass is 247 g/mol. The lowest BCUT2D eigenvalue weighted by Gasteiger charge is -2.30. The Balaban J connectivity index is 2.14. The first-order valence-electron chi connectivity index (χ1n) is 6.85. The molecule has 1 N–H and O–H groups in total. The normalized spacial score (nSPS) is 26.1. The van der Waals surface area contributed by atoms with Crippen LogP contribution in [0.15, 0.2) is 30.3 Å². The fraction of sp³-hybridized carbons (Fsp3) is 0.600. The standard InChI is InChI=1S/C15H25N3/c1-13-10-17(3)15(9-16-2)12-18(11-13)14-7-5-4-6-8-14/h4-8,13,15-16H,9-12H2,1-3H3. The van der Waals surface area contributed by atoms with Crippen LogP contribution in [0, 0.1) is 5.92 Å². The largest absolute Gasteiger partial charge is 0.370 e. The van der Waals surface area contributed by atoms with E-state index in [1.165, 1.54) is 12.2 Å². The maximum absolute atomic E-state index is 3.31. The van der Waals surface area contributed by atoms with Gasteiger partial charge in [-0.05, 0) is 32.1 Å². The molecule has 1 saturated heterocycles. The number of para-hydroxylation sites is 1. The van der Waals surface area contributed by atoms with E-state index in [0.29, 0.717) is 12.0 Å². The molecule has 0 radical (unpaired) electrons. The summed E-state index contributed by atoms with van der Waals surface area (Å²) in [7, 11) is 4.28. The summed E-state index contributed by atoms with van der Waals surface area (Å²) in [5.41, 5.74) is 1.35. The van der Waals surface area contributed by atoms with Crippen molar-refractivity contribution in [3.8, 4) is 0 Å². The highest BCUT2D eigenvalue weighted by molar-refractivity contribution is 5.46. The van der Waals surface area contributed by atoms with Crippen molar-refractivity contribution < 1.29 is 0 Å². The first kappa shape index (κ1) is 13.4. The molecule has 2 rings (SSSR count). The van der Waals surface area contributed by atoms with Gasteiger partial charge in [0.15, 0.2) is 0 Å². The molecule has 0 saturated carbocycles. The third-order valence-electron chi connectivity index (χ3n) is 3.75. The SMILES string of the molecule is CNCC1CN(c2ccccc2)CC(C)CN1C. The molecule has 1 fully saturated rings. The Morgan fingerprint density at radius 1 is 1.17 bits per heavy atom. The molecule has 0 aromatic heterocycles. The molecule has 1 aliphatic rings. The molecule has 18 heavy (non-hydrogen) atoms. The molecule has 0 aliphatic carbocycles. The predicted molar refractivity (Wildman–Crippen MR) is 78.2 cm³/mol. The minimum absolute atomic E-state index is 0.583. The van der Waals surface area contributed by atoms with Crippen LogP contribution in [0.4, 0.5) is 5.69 Å². The molecular weight excluding hydrogens is 222 g/mol. The summed E-state index contributed by atoms with van der Waals surface area (Å²) in [4.78, 5) is 5.01. The van der Waals surface area contributed by atoms with Gasteiger partial charge >= 0.3 is 0 Å². The van der Waals surface area contributed by atoms with Crippen LogP contribution in [0.1, 0.15) is 6.92 Å². The average molecular weight is 247 g/mol. The van der Waals surface area contributed by atoms with E-state index in [1.807, 2.05) is 7.05 Å². The van der Waals surface area contributed by atoms with Crippen LogP contribution in [0.5, 0.6) is 0 Å². The number of rotatable bonds is 3. The maximum Gasteiger partial charge on any atom is 0.0392 e. The number of benzene rings is 1. The van der Waals surface area contributed by atoms with E-state index in [1.54, 1.807) is 0 Å². The van der Waals surface area contributed by atoms with Crippen LogP contribution in [-0.2, 0) is 0 Å². The van der Waals surface area contributed by atoms with Crippen LogP contribution in [0.3, 0.4) is 0 Å². The lowest BCUT2D eigenvalue weighted by molar-refractivity contribution is 0.236. The van der Waals surface area contributed by atoms with Crippen molar-refractivity contribution in [1.82, 2.24) is 10.2 Å². The minimum atomic E-state index is 0.583. The summed E-state index contributed by atoms with van der Waals surface area (Å²) in [5, 5.41) is 3.31. The fourth-order valence-electron chi connectivity index (χ4n) is 2.85. The lowest BCUT2D eigenvalue weighted by atomic mass is 10.1. The van der Waals surface area contributed by atoms with Crippen LogP contribution < -0.4 is 10.2 Å². The van der Waals surface area contributed by atoms with Crippen LogP contribution in [-0.4, -0.2) is 51.2 Å². The van der Waals surface area contributed by atoms with Gasteiger partial charge in [-0.3, -0.25) is 0 Å². The summed E-state index contributed by atoms with van der Waals surface area (Å²) < 4.78 is 0. The number of hydrogen-bond donors (Lipinski definition) is 1. The van der Waals surface area contributed by atoms with E-state index in [9.17, 15) is 0 Å². The highest BCUT2D eigenvalue weighted by atomic mass is 15.2. The van der Waals surface area contributed by atoms with Gasteiger partial charge in [0.05, 0.1) is 0 Å². The van der Waals surface area contributed by atoms with E-state index in [-0.39, 0.29) is 0 Å². The Morgan fingerprint density at radius 2 is 1.89 bits per heavy atom.